The number of aliphatic hydroxyl groups excluding tert-OH is 2. The number of benzene rings is 1. The number of carbonyl (C=O) groups excluding carboxylic acids is 2. The molecule has 178 valence electrons. The Labute approximate surface area is 186 Å². The van der Waals surface area contributed by atoms with E-state index < -0.39 is 59.0 Å². The Kier molecular flexibility index (Phi) is 7.09. The molecular weight excluding hydrogens is 464 g/mol. The van der Waals surface area contributed by atoms with E-state index in [9.17, 15) is 33.0 Å². The van der Waals surface area contributed by atoms with Crippen molar-refractivity contribution >= 4 is 28.0 Å². The van der Waals surface area contributed by atoms with Crippen molar-refractivity contribution in [3.63, 3.8) is 0 Å². The monoisotopic (exact) mass is 484 g/mol. The summed E-state index contributed by atoms with van der Waals surface area (Å²) in [5.74, 6) is -2.09. The van der Waals surface area contributed by atoms with E-state index in [1.165, 1.54) is 36.5 Å². The summed E-state index contributed by atoms with van der Waals surface area (Å²) in [7, 11) is -3.63. The van der Waals surface area contributed by atoms with Gasteiger partial charge < -0.3 is 25.4 Å². The lowest BCUT2D eigenvalue weighted by molar-refractivity contribution is -0.0509. The lowest BCUT2D eigenvalue weighted by Crippen LogP contribution is -2.38. The van der Waals surface area contributed by atoms with Gasteiger partial charge in [0.25, 0.3) is 5.91 Å². The number of anilines is 1. The van der Waals surface area contributed by atoms with Gasteiger partial charge in [0.1, 0.15) is 24.1 Å². The molecule has 14 nitrogen and oxygen atoms in total. The number of methoxy groups -OCH3 is 1. The number of nitrogen functional groups attached to an aromatic ring is 1. The van der Waals surface area contributed by atoms with Gasteiger partial charge in [0, 0.05) is 6.20 Å². The van der Waals surface area contributed by atoms with Crippen LogP contribution in [-0.2, 0) is 24.0 Å². The van der Waals surface area contributed by atoms with Gasteiger partial charge in [-0.05, 0) is 18.2 Å². The van der Waals surface area contributed by atoms with Gasteiger partial charge >= 0.3 is 22.0 Å². The Balaban J connectivity index is 1.67. The molecule has 1 aromatic carbocycles. The van der Waals surface area contributed by atoms with Gasteiger partial charge in [-0.1, -0.05) is 12.1 Å². The maximum Gasteiger partial charge on any atom is 0.362 e. The van der Waals surface area contributed by atoms with Crippen molar-refractivity contribution in [1.82, 2.24) is 14.3 Å². The SMILES string of the molecule is COC(=O)c1ccccc1C(=O)NS(=O)(=O)OC[C@H]1O[C@@H](n2ccc(N)nc2=O)[C@H](O)[C@@H]1O. The summed E-state index contributed by atoms with van der Waals surface area (Å²) < 4.78 is 41.5. The molecule has 3 rings (SSSR count). The van der Waals surface area contributed by atoms with Crippen LogP contribution in [0, 0.1) is 0 Å². The number of aromatic nitrogens is 2. The number of esters is 1. The fraction of sp³-hybridized carbons (Fsp3) is 0.333. The van der Waals surface area contributed by atoms with Gasteiger partial charge in [-0.15, -0.1) is 0 Å². The third-order valence-corrected chi connectivity index (χ3v) is 5.53. The number of hydrogen-bond acceptors (Lipinski definition) is 12. The fourth-order valence-corrected chi connectivity index (χ4v) is 3.75. The predicted octanol–water partition coefficient (Wildman–Crippen LogP) is -2.08. The largest absolute Gasteiger partial charge is 0.465 e. The molecule has 1 aromatic heterocycles. The van der Waals surface area contributed by atoms with Crippen LogP contribution in [-0.4, -0.2) is 72.1 Å². The summed E-state index contributed by atoms with van der Waals surface area (Å²) in [6.45, 7) is -0.812. The third-order valence-electron chi connectivity index (χ3n) is 4.65. The number of hydrogen-bond donors (Lipinski definition) is 4. The molecule has 2 aromatic rings. The Hall–Kier alpha value is -3.37. The molecule has 0 bridgehead atoms. The minimum Gasteiger partial charge on any atom is -0.465 e. The average Bonchev–Trinajstić information content (AvgIpc) is 3.05. The van der Waals surface area contributed by atoms with Gasteiger partial charge in [0.05, 0.1) is 24.8 Å². The molecule has 0 saturated carbocycles. The number of nitrogens with one attached hydrogen (secondary N) is 1. The zero-order chi connectivity index (χ0) is 24.3. The van der Waals surface area contributed by atoms with E-state index in [2.05, 4.69) is 13.9 Å². The zero-order valence-electron chi connectivity index (χ0n) is 17.0. The van der Waals surface area contributed by atoms with Crippen LogP contribution in [0.4, 0.5) is 5.82 Å². The second kappa shape index (κ2) is 9.63. The summed E-state index contributed by atoms with van der Waals surface area (Å²) in [6.07, 6.45) is -4.84. The minimum absolute atomic E-state index is 0.0697. The van der Waals surface area contributed by atoms with Crippen LogP contribution in [0.1, 0.15) is 26.9 Å². The first-order chi connectivity index (χ1) is 15.5. The van der Waals surface area contributed by atoms with Crippen LogP contribution in [0.5, 0.6) is 0 Å². The normalized spacial score (nSPS) is 22.6. The quantitative estimate of drug-likeness (QED) is 0.312. The van der Waals surface area contributed by atoms with E-state index in [0.717, 1.165) is 11.7 Å². The summed E-state index contributed by atoms with van der Waals surface area (Å²) in [6, 6.07) is 6.61. The topological polar surface area (TPSA) is 209 Å². The third kappa shape index (κ3) is 5.35. The summed E-state index contributed by atoms with van der Waals surface area (Å²) in [4.78, 5) is 39.6. The first-order valence-electron chi connectivity index (χ1n) is 9.29. The molecule has 0 unspecified atom stereocenters. The second-order valence-corrected chi connectivity index (χ2v) is 8.14. The van der Waals surface area contributed by atoms with E-state index in [4.69, 9.17) is 10.5 Å². The fourth-order valence-electron chi connectivity index (χ4n) is 3.04. The van der Waals surface area contributed by atoms with Crippen LogP contribution in [0.25, 0.3) is 0 Å². The molecule has 1 saturated heterocycles. The number of carbonyl (C=O) groups is 2. The van der Waals surface area contributed by atoms with E-state index in [1.807, 2.05) is 0 Å². The number of nitrogens with zero attached hydrogens (tertiary/aromatic N) is 2. The van der Waals surface area contributed by atoms with Crippen molar-refractivity contribution in [2.24, 2.45) is 0 Å². The van der Waals surface area contributed by atoms with Crippen LogP contribution in [0.3, 0.4) is 0 Å². The highest BCUT2D eigenvalue weighted by Crippen LogP contribution is 2.28. The average molecular weight is 484 g/mol. The molecule has 4 atom stereocenters. The van der Waals surface area contributed by atoms with E-state index in [0.29, 0.717) is 0 Å². The highest BCUT2D eigenvalue weighted by Gasteiger charge is 2.45. The molecule has 2 heterocycles. The molecule has 15 heteroatoms. The van der Waals surface area contributed by atoms with Crippen molar-refractivity contribution in [1.29, 1.82) is 0 Å². The number of ether oxygens (including phenoxy) is 2. The number of amides is 1. The van der Waals surface area contributed by atoms with Crippen LogP contribution in [0.2, 0.25) is 0 Å². The molecule has 1 aliphatic rings. The van der Waals surface area contributed by atoms with E-state index >= 15 is 0 Å². The van der Waals surface area contributed by atoms with E-state index in [1.54, 1.807) is 4.72 Å². The van der Waals surface area contributed by atoms with Crippen molar-refractivity contribution in [2.45, 2.75) is 24.5 Å². The van der Waals surface area contributed by atoms with Crippen molar-refractivity contribution in [3.8, 4) is 0 Å². The molecule has 0 aliphatic carbocycles. The van der Waals surface area contributed by atoms with Crippen LogP contribution >= 0.6 is 0 Å². The molecular formula is C18H20N4O10S. The Bertz CT molecular complexity index is 1210. The first kappa shape index (κ1) is 24.3. The Morgan fingerprint density at radius 2 is 1.88 bits per heavy atom. The van der Waals surface area contributed by atoms with Gasteiger partial charge in [-0.2, -0.15) is 13.4 Å². The Morgan fingerprint density at radius 1 is 1.21 bits per heavy atom. The highest BCUT2D eigenvalue weighted by molar-refractivity contribution is 7.85. The molecule has 0 spiro atoms. The lowest BCUT2D eigenvalue weighted by atomic mass is 10.1. The smallest absolute Gasteiger partial charge is 0.362 e. The lowest BCUT2D eigenvalue weighted by Gasteiger charge is -2.16. The molecule has 1 amide bonds. The maximum absolute atomic E-state index is 12.4. The molecule has 1 fully saturated rings. The first-order valence-corrected chi connectivity index (χ1v) is 10.7. The number of aliphatic hydroxyl groups is 2. The van der Waals surface area contributed by atoms with Gasteiger partial charge in [-0.25, -0.2) is 14.3 Å². The maximum atomic E-state index is 12.4. The van der Waals surface area contributed by atoms with Crippen molar-refractivity contribution in [2.75, 3.05) is 19.5 Å². The molecule has 0 radical (unpaired) electrons. The minimum atomic E-state index is -4.72. The zero-order valence-corrected chi connectivity index (χ0v) is 17.8. The highest BCUT2D eigenvalue weighted by atomic mass is 32.2. The number of rotatable bonds is 7. The molecule has 5 N–H and O–H groups in total. The van der Waals surface area contributed by atoms with Crippen molar-refractivity contribution in [3.05, 3.63) is 58.1 Å². The van der Waals surface area contributed by atoms with Crippen molar-refractivity contribution < 1.29 is 41.9 Å². The summed E-state index contributed by atoms with van der Waals surface area (Å²) in [5.41, 5.74) is 4.09. The Morgan fingerprint density at radius 3 is 2.52 bits per heavy atom. The van der Waals surface area contributed by atoms with Gasteiger partial charge in [0.2, 0.25) is 0 Å². The second-order valence-electron chi connectivity index (χ2n) is 6.80. The molecule has 1 aliphatic heterocycles. The van der Waals surface area contributed by atoms with Crippen LogP contribution < -0.4 is 16.1 Å². The summed E-state index contributed by atoms with van der Waals surface area (Å²) >= 11 is 0. The summed E-state index contributed by atoms with van der Waals surface area (Å²) in [5, 5.41) is 20.4. The standard InChI is InChI=1S/C18H20N4O10S/c1-30-17(26)10-5-3-2-4-9(10)15(25)21-33(28,29)31-8-11-13(23)14(24)16(32-11)22-7-6-12(19)20-18(22)27/h2-7,11,13-14,16,23-24H,8H2,1H3,(H,21,25)(H2,19,20,27)/t11-,13-,14-,16-/m1/s1. The predicted molar refractivity (Wildman–Crippen MR) is 109 cm³/mol. The molecule has 33 heavy (non-hydrogen) atoms. The van der Waals surface area contributed by atoms with Crippen LogP contribution in [0.15, 0.2) is 41.3 Å². The number of nitrogens with two attached hydrogens (primary N) is 1. The van der Waals surface area contributed by atoms with Gasteiger partial charge in [-0.3, -0.25) is 13.5 Å². The van der Waals surface area contributed by atoms with E-state index in [-0.39, 0.29) is 16.9 Å². The van der Waals surface area contributed by atoms with Gasteiger partial charge in [0.15, 0.2) is 6.23 Å².